The quantitative estimate of drug-likeness (QED) is 0.512. The average Bonchev–Trinajstić information content (AvgIpc) is 3.51. The summed E-state index contributed by atoms with van der Waals surface area (Å²) in [4.78, 5) is 21.7. The third-order valence-electron chi connectivity index (χ3n) is 7.49. The number of furan rings is 1. The monoisotopic (exact) mass is 532 g/mol. The summed E-state index contributed by atoms with van der Waals surface area (Å²) in [5.41, 5.74) is 5.21. The molecule has 0 spiro atoms. The van der Waals surface area contributed by atoms with Crippen molar-refractivity contribution in [2.24, 2.45) is 5.92 Å². The molecule has 2 N–H and O–H groups in total. The number of carbonyl (C=O) groups excluding carboxylic acids is 1. The molecule has 6 rings (SSSR count). The van der Waals surface area contributed by atoms with Crippen LogP contribution in [-0.2, 0) is 35.8 Å². The number of rotatable bonds is 5. The van der Waals surface area contributed by atoms with Crippen molar-refractivity contribution in [3.63, 3.8) is 0 Å². The van der Waals surface area contributed by atoms with Crippen molar-refractivity contribution in [1.82, 2.24) is 14.6 Å². The summed E-state index contributed by atoms with van der Waals surface area (Å²) < 4.78 is 33.8. The summed E-state index contributed by atoms with van der Waals surface area (Å²) in [7, 11) is -2.23. The highest BCUT2D eigenvalue weighted by molar-refractivity contribution is 7.89. The molecule has 4 heterocycles. The Morgan fingerprint density at radius 1 is 1.16 bits per heavy atom. The van der Waals surface area contributed by atoms with Crippen LogP contribution in [0.3, 0.4) is 0 Å². The maximum Gasteiger partial charge on any atom is 0.333 e. The van der Waals surface area contributed by atoms with E-state index in [1.807, 2.05) is 30.1 Å². The normalized spacial score (nSPS) is 17.3. The minimum Gasteiger partial charge on any atom is -0.447 e. The summed E-state index contributed by atoms with van der Waals surface area (Å²) in [5.74, 6) is 1.41. The first-order valence-electron chi connectivity index (χ1n) is 12.7. The predicted octanol–water partition coefficient (Wildman–Crippen LogP) is 3.29. The van der Waals surface area contributed by atoms with Crippen LogP contribution in [0, 0.1) is 17.2 Å². The van der Waals surface area contributed by atoms with Crippen LogP contribution >= 0.6 is 0 Å². The third kappa shape index (κ3) is 4.50. The Hall–Kier alpha value is -3.88. The Morgan fingerprint density at radius 2 is 2.00 bits per heavy atom. The van der Waals surface area contributed by atoms with E-state index in [1.165, 1.54) is 6.07 Å². The van der Waals surface area contributed by atoms with E-state index in [0.29, 0.717) is 37.5 Å². The van der Waals surface area contributed by atoms with Crippen LogP contribution < -0.4 is 14.9 Å². The van der Waals surface area contributed by atoms with E-state index < -0.39 is 16.1 Å². The maximum absolute atomic E-state index is 13.1. The van der Waals surface area contributed by atoms with Crippen LogP contribution in [0.5, 0.6) is 0 Å². The van der Waals surface area contributed by atoms with Crippen LogP contribution in [-0.4, -0.2) is 51.0 Å². The van der Waals surface area contributed by atoms with E-state index in [4.69, 9.17) is 9.68 Å². The number of nitriles is 1. The van der Waals surface area contributed by atoms with E-state index in [1.54, 1.807) is 6.20 Å². The maximum atomic E-state index is 13.1. The molecule has 2 aliphatic heterocycles. The highest BCUT2D eigenvalue weighted by atomic mass is 32.2. The Labute approximate surface area is 221 Å². The molecule has 2 aromatic heterocycles. The van der Waals surface area contributed by atoms with Crippen LogP contribution in [0.4, 0.5) is 16.3 Å². The number of pyridine rings is 1. The van der Waals surface area contributed by atoms with Crippen LogP contribution in [0.2, 0.25) is 0 Å². The molecule has 38 heavy (non-hydrogen) atoms. The van der Waals surface area contributed by atoms with Crippen molar-refractivity contribution in [3.8, 4) is 17.2 Å². The van der Waals surface area contributed by atoms with Crippen molar-refractivity contribution in [2.75, 3.05) is 36.9 Å². The fraction of sp³-hybridized carbons (Fsp3) is 0.370. The molecule has 1 aromatic carbocycles. The van der Waals surface area contributed by atoms with Gasteiger partial charge in [-0.25, -0.2) is 14.5 Å². The van der Waals surface area contributed by atoms with Gasteiger partial charge in [-0.2, -0.15) is 13.7 Å². The molecule has 0 radical (unpaired) electrons. The Balaban J connectivity index is 1.27. The van der Waals surface area contributed by atoms with E-state index >= 15 is 0 Å². The number of sulfonamides is 1. The number of hydrogen-bond acceptors (Lipinski definition) is 8. The summed E-state index contributed by atoms with van der Waals surface area (Å²) in [6.45, 7) is 2.65. The molecule has 1 aliphatic carbocycles. The molecular formula is C27H28N6O4S. The molecule has 11 heteroatoms. The fourth-order valence-electron chi connectivity index (χ4n) is 5.45. The number of benzene rings is 1. The van der Waals surface area contributed by atoms with E-state index in [2.05, 4.69) is 32.1 Å². The lowest BCUT2D eigenvalue weighted by molar-refractivity contribution is 0.256. The van der Waals surface area contributed by atoms with E-state index in [9.17, 15) is 13.2 Å². The lowest BCUT2D eigenvalue weighted by Gasteiger charge is -2.36. The highest BCUT2D eigenvalue weighted by Crippen LogP contribution is 2.38. The Bertz CT molecular complexity index is 1570. The van der Waals surface area contributed by atoms with E-state index in [0.717, 1.165) is 59.4 Å². The molecule has 196 valence electrons. The molecule has 0 atom stereocenters. The van der Waals surface area contributed by atoms with Crippen molar-refractivity contribution < 1.29 is 17.6 Å². The zero-order chi connectivity index (χ0) is 26.4. The van der Waals surface area contributed by atoms with Gasteiger partial charge in [-0.05, 0) is 55.1 Å². The summed E-state index contributed by atoms with van der Waals surface area (Å²) >= 11 is 0. The molecule has 10 nitrogen and oxygen atoms in total. The van der Waals surface area contributed by atoms with Gasteiger partial charge in [-0.1, -0.05) is 12.1 Å². The van der Waals surface area contributed by atoms with Crippen molar-refractivity contribution in [1.29, 1.82) is 5.26 Å². The molecule has 0 saturated carbocycles. The molecule has 1 fully saturated rings. The molecule has 1 saturated heterocycles. The summed E-state index contributed by atoms with van der Waals surface area (Å²) in [5, 5.41) is 11.7. The van der Waals surface area contributed by atoms with Crippen molar-refractivity contribution in [2.45, 2.75) is 37.3 Å². The standard InChI is InChI=1S/C27H28N6O4S/c1-32-10-8-23-20(16-32)12-25(37-23)38(35,36)31-27(34)30-26-21-4-2-3-18(21)5-6-22(26)19-7-9-29-24(11-19)33-14-17(13-28)15-33/h5-7,9,11-12,17H,2-4,8,10,14-16H2,1H3,(H2,30,31,34). The van der Waals surface area contributed by atoms with E-state index in [-0.39, 0.29) is 11.0 Å². The second kappa shape index (κ2) is 9.45. The van der Waals surface area contributed by atoms with Gasteiger partial charge >= 0.3 is 6.03 Å². The van der Waals surface area contributed by atoms with Crippen LogP contribution in [0.1, 0.15) is 28.9 Å². The fourth-order valence-corrected chi connectivity index (χ4v) is 6.35. The van der Waals surface area contributed by atoms with Crippen molar-refractivity contribution in [3.05, 3.63) is 59.0 Å². The van der Waals surface area contributed by atoms with Gasteiger partial charge in [0.15, 0.2) is 0 Å². The number of aryl methyl sites for hydroxylation is 1. The number of nitrogens with one attached hydrogen (secondary N) is 2. The number of amides is 2. The number of urea groups is 1. The minimum atomic E-state index is -4.19. The number of likely N-dealkylation sites (N-methyl/N-ethyl adjacent to an activating group) is 1. The van der Waals surface area contributed by atoms with Crippen molar-refractivity contribution >= 4 is 27.6 Å². The van der Waals surface area contributed by atoms with Gasteiger partial charge < -0.3 is 19.5 Å². The zero-order valence-electron chi connectivity index (χ0n) is 21.0. The van der Waals surface area contributed by atoms with Crippen LogP contribution in [0.25, 0.3) is 11.1 Å². The van der Waals surface area contributed by atoms with Crippen LogP contribution in [0.15, 0.2) is 46.0 Å². The summed E-state index contributed by atoms with van der Waals surface area (Å²) in [6.07, 6.45) is 4.99. The van der Waals surface area contributed by atoms with Gasteiger partial charge in [0.2, 0.25) is 5.09 Å². The van der Waals surface area contributed by atoms with Gasteiger partial charge in [0, 0.05) is 56.0 Å². The number of nitrogens with zero attached hydrogens (tertiary/aromatic N) is 4. The zero-order valence-corrected chi connectivity index (χ0v) is 21.8. The largest absolute Gasteiger partial charge is 0.447 e. The second-order valence-corrected chi connectivity index (χ2v) is 11.8. The number of fused-ring (bicyclic) bond motifs is 2. The second-order valence-electron chi connectivity index (χ2n) is 10.2. The molecular weight excluding hydrogens is 504 g/mol. The molecule has 0 unspecified atom stereocenters. The first-order valence-corrected chi connectivity index (χ1v) is 14.2. The first kappa shape index (κ1) is 24.5. The highest BCUT2D eigenvalue weighted by Gasteiger charge is 2.29. The number of anilines is 2. The molecule has 3 aliphatic rings. The Morgan fingerprint density at radius 3 is 2.82 bits per heavy atom. The van der Waals surface area contributed by atoms with Gasteiger partial charge in [0.1, 0.15) is 11.6 Å². The van der Waals surface area contributed by atoms with Gasteiger partial charge in [0.05, 0.1) is 17.7 Å². The SMILES string of the molecule is CN1CCc2oc(S(=O)(=O)NC(=O)Nc3c(-c4ccnc(N5CC(C#N)C5)c4)ccc4c3CCC4)cc2C1. The minimum absolute atomic E-state index is 0.00365. The third-order valence-corrected chi connectivity index (χ3v) is 8.68. The lowest BCUT2D eigenvalue weighted by Crippen LogP contribution is -2.46. The van der Waals surface area contributed by atoms with Gasteiger partial charge in [-0.3, -0.25) is 0 Å². The molecule has 3 aromatic rings. The lowest BCUT2D eigenvalue weighted by atomic mass is 9.97. The average molecular weight is 533 g/mol. The smallest absolute Gasteiger partial charge is 0.333 e. The molecule has 2 amide bonds. The Kier molecular flexibility index (Phi) is 6.08. The number of hydrogen-bond donors (Lipinski definition) is 2. The van der Waals surface area contributed by atoms with Gasteiger partial charge in [0.25, 0.3) is 10.0 Å². The summed E-state index contributed by atoms with van der Waals surface area (Å²) in [6, 6.07) is 10.8. The topological polar surface area (TPSA) is 132 Å². The number of aromatic nitrogens is 1. The molecule has 0 bridgehead atoms. The number of carbonyl (C=O) groups is 1. The predicted molar refractivity (Wildman–Crippen MR) is 141 cm³/mol. The van der Waals surface area contributed by atoms with Gasteiger partial charge in [-0.15, -0.1) is 0 Å². The first-order chi connectivity index (χ1) is 18.3.